The van der Waals surface area contributed by atoms with Gasteiger partial charge in [-0.15, -0.1) is 11.6 Å². The first-order valence-corrected chi connectivity index (χ1v) is 9.05. The van der Waals surface area contributed by atoms with Crippen molar-refractivity contribution in [2.24, 2.45) is 7.05 Å². The Bertz CT molecular complexity index is 606. The van der Waals surface area contributed by atoms with Crippen LogP contribution >= 0.6 is 11.6 Å². The van der Waals surface area contributed by atoms with Crippen LogP contribution in [0.1, 0.15) is 25.0 Å². The van der Waals surface area contributed by atoms with E-state index in [1.54, 1.807) is 23.9 Å². The van der Waals surface area contributed by atoms with E-state index in [1.165, 1.54) is 4.31 Å². The summed E-state index contributed by atoms with van der Waals surface area (Å²) in [5.41, 5.74) is 0.779. The molecule has 0 amide bonds. The maximum atomic E-state index is 12.7. The molecule has 1 aliphatic rings. The highest BCUT2D eigenvalue weighted by molar-refractivity contribution is 7.89. The minimum atomic E-state index is -3.47. The molecule has 0 aliphatic heterocycles. The van der Waals surface area contributed by atoms with Crippen LogP contribution < -0.4 is 0 Å². The molecule has 7 heteroatoms. The number of sulfonamides is 1. The average molecular weight is 334 g/mol. The molecule has 1 aromatic rings. The molecule has 1 aromatic heterocycles. The monoisotopic (exact) mass is 333 g/mol. The molecule has 0 bridgehead atoms. The van der Waals surface area contributed by atoms with Crippen LogP contribution in [0.25, 0.3) is 0 Å². The second-order valence-corrected chi connectivity index (χ2v) is 8.46. The average Bonchev–Trinajstić information content (AvgIpc) is 2.74. The maximum Gasteiger partial charge on any atom is 0.244 e. The van der Waals surface area contributed by atoms with E-state index < -0.39 is 10.0 Å². The number of aryl methyl sites for hydroxylation is 1. The van der Waals surface area contributed by atoms with E-state index in [0.29, 0.717) is 17.3 Å². The van der Waals surface area contributed by atoms with E-state index in [-0.39, 0.29) is 5.54 Å². The number of likely N-dealkylation sites (N-methyl/N-ethyl adjacent to an activating group) is 2. The van der Waals surface area contributed by atoms with E-state index in [1.807, 2.05) is 21.1 Å². The summed E-state index contributed by atoms with van der Waals surface area (Å²) in [4.78, 5) is 2.47. The molecule has 21 heavy (non-hydrogen) atoms. The minimum Gasteiger partial charge on any atom is -0.352 e. The standard InChI is InChI=1S/C14H24ClN3O2S/c1-16(2)14(6-5-7-14)11-18(4)21(19,20)13-8-12(9-15)17(3)10-13/h8,10H,5-7,9,11H2,1-4H3. The summed E-state index contributed by atoms with van der Waals surface area (Å²) in [5, 5.41) is 0. The molecule has 0 aromatic carbocycles. The number of halogens is 1. The van der Waals surface area contributed by atoms with E-state index in [0.717, 1.165) is 25.0 Å². The number of hydrogen-bond acceptors (Lipinski definition) is 3. The van der Waals surface area contributed by atoms with Gasteiger partial charge in [0.25, 0.3) is 0 Å². The predicted molar refractivity (Wildman–Crippen MR) is 85.1 cm³/mol. The Morgan fingerprint density at radius 2 is 1.95 bits per heavy atom. The number of hydrogen-bond donors (Lipinski definition) is 0. The number of nitrogens with zero attached hydrogens (tertiary/aromatic N) is 3. The van der Waals surface area contributed by atoms with Crippen molar-refractivity contribution in [2.45, 2.75) is 35.6 Å². The fourth-order valence-electron chi connectivity index (χ4n) is 2.86. The Morgan fingerprint density at radius 1 is 1.33 bits per heavy atom. The molecule has 1 aliphatic carbocycles. The van der Waals surface area contributed by atoms with Gasteiger partial charge in [0.1, 0.15) is 4.90 Å². The summed E-state index contributed by atoms with van der Waals surface area (Å²) in [6.45, 7) is 0.521. The van der Waals surface area contributed by atoms with Crippen molar-refractivity contribution < 1.29 is 8.42 Å². The lowest BCUT2D eigenvalue weighted by Gasteiger charge is -2.48. The Morgan fingerprint density at radius 3 is 2.33 bits per heavy atom. The van der Waals surface area contributed by atoms with E-state index in [4.69, 9.17) is 11.6 Å². The first-order valence-electron chi connectivity index (χ1n) is 7.08. The van der Waals surface area contributed by atoms with Gasteiger partial charge < -0.3 is 9.47 Å². The van der Waals surface area contributed by atoms with Gasteiger partial charge in [0.05, 0.1) is 5.88 Å². The highest BCUT2D eigenvalue weighted by Gasteiger charge is 2.42. The van der Waals surface area contributed by atoms with Crippen molar-refractivity contribution in [1.82, 2.24) is 13.8 Å². The SMILES string of the molecule is CN(C)C1(CN(C)S(=O)(=O)c2cc(CCl)n(C)c2)CCC1. The molecule has 0 N–H and O–H groups in total. The highest BCUT2D eigenvalue weighted by atomic mass is 35.5. The van der Waals surface area contributed by atoms with Crippen molar-refractivity contribution >= 4 is 21.6 Å². The lowest BCUT2D eigenvalue weighted by molar-refractivity contribution is 0.0455. The summed E-state index contributed by atoms with van der Waals surface area (Å²) in [6.07, 6.45) is 4.88. The molecule has 0 atom stereocenters. The predicted octanol–water partition coefficient (Wildman–Crippen LogP) is 1.87. The molecule has 1 heterocycles. The Hall–Kier alpha value is -0.560. The summed E-state index contributed by atoms with van der Waals surface area (Å²) < 4.78 is 28.6. The van der Waals surface area contributed by atoms with Crippen LogP contribution in [0.3, 0.4) is 0 Å². The first-order chi connectivity index (χ1) is 9.73. The van der Waals surface area contributed by atoms with Gasteiger partial charge in [0.15, 0.2) is 0 Å². The topological polar surface area (TPSA) is 45.6 Å². The van der Waals surface area contributed by atoms with Gasteiger partial charge in [-0.05, 0) is 39.4 Å². The molecule has 1 fully saturated rings. The minimum absolute atomic E-state index is 0.0219. The normalized spacial score (nSPS) is 18.2. The lowest BCUT2D eigenvalue weighted by Crippen LogP contribution is -2.57. The molecule has 0 unspecified atom stereocenters. The molecular weight excluding hydrogens is 310 g/mol. The van der Waals surface area contributed by atoms with Crippen molar-refractivity contribution in [3.8, 4) is 0 Å². The quantitative estimate of drug-likeness (QED) is 0.747. The third-order valence-corrected chi connectivity index (χ3v) is 6.72. The van der Waals surface area contributed by atoms with Crippen molar-refractivity contribution in [2.75, 3.05) is 27.7 Å². The van der Waals surface area contributed by atoms with Crippen LogP contribution in [-0.4, -0.2) is 55.4 Å². The van der Waals surface area contributed by atoms with Gasteiger partial charge >= 0.3 is 0 Å². The van der Waals surface area contributed by atoms with Crippen molar-refractivity contribution in [3.05, 3.63) is 18.0 Å². The van der Waals surface area contributed by atoms with Crippen LogP contribution in [0, 0.1) is 0 Å². The van der Waals surface area contributed by atoms with Crippen LogP contribution in [0.2, 0.25) is 0 Å². The van der Waals surface area contributed by atoms with E-state index in [9.17, 15) is 8.42 Å². The van der Waals surface area contributed by atoms with Gasteiger partial charge in [0, 0.05) is 38.1 Å². The maximum absolute atomic E-state index is 12.7. The zero-order valence-corrected chi connectivity index (χ0v) is 14.7. The largest absolute Gasteiger partial charge is 0.352 e. The highest BCUT2D eigenvalue weighted by Crippen LogP contribution is 2.37. The Labute approximate surface area is 132 Å². The van der Waals surface area contributed by atoms with Crippen molar-refractivity contribution in [1.29, 1.82) is 0 Å². The van der Waals surface area contributed by atoms with Gasteiger partial charge in [-0.1, -0.05) is 0 Å². The number of aromatic nitrogens is 1. The molecule has 120 valence electrons. The fourth-order valence-corrected chi connectivity index (χ4v) is 4.47. The smallest absolute Gasteiger partial charge is 0.244 e. The summed E-state index contributed by atoms with van der Waals surface area (Å²) in [5.74, 6) is 0.303. The second-order valence-electron chi connectivity index (χ2n) is 6.15. The van der Waals surface area contributed by atoms with Gasteiger partial charge in [-0.3, -0.25) is 0 Å². The van der Waals surface area contributed by atoms with Gasteiger partial charge in [0.2, 0.25) is 10.0 Å². The third kappa shape index (κ3) is 2.99. The van der Waals surface area contributed by atoms with Gasteiger partial charge in [-0.2, -0.15) is 4.31 Å². The molecule has 0 saturated heterocycles. The number of alkyl halides is 1. The fraction of sp³-hybridized carbons (Fsp3) is 0.714. The molecule has 0 spiro atoms. The Kier molecular flexibility index (Phi) is 4.73. The first kappa shape index (κ1) is 16.8. The van der Waals surface area contributed by atoms with Crippen LogP contribution in [0.15, 0.2) is 17.2 Å². The summed E-state index contributed by atoms with van der Waals surface area (Å²) >= 11 is 5.82. The molecule has 1 saturated carbocycles. The summed E-state index contributed by atoms with van der Waals surface area (Å²) in [6, 6.07) is 1.65. The molecule has 5 nitrogen and oxygen atoms in total. The summed E-state index contributed by atoms with van der Waals surface area (Å²) in [7, 11) is 4.05. The molecule has 0 radical (unpaired) electrons. The van der Waals surface area contributed by atoms with E-state index in [2.05, 4.69) is 4.90 Å². The second kappa shape index (κ2) is 5.91. The lowest BCUT2D eigenvalue weighted by atomic mass is 9.75. The van der Waals surface area contributed by atoms with Crippen LogP contribution in [0.5, 0.6) is 0 Å². The number of rotatable bonds is 6. The zero-order valence-electron chi connectivity index (χ0n) is 13.1. The van der Waals surface area contributed by atoms with Gasteiger partial charge in [-0.25, -0.2) is 8.42 Å². The van der Waals surface area contributed by atoms with Crippen LogP contribution in [-0.2, 0) is 23.0 Å². The third-order valence-electron chi connectivity index (χ3n) is 4.68. The van der Waals surface area contributed by atoms with E-state index >= 15 is 0 Å². The zero-order chi connectivity index (χ0) is 15.8. The van der Waals surface area contributed by atoms with Crippen molar-refractivity contribution in [3.63, 3.8) is 0 Å². The van der Waals surface area contributed by atoms with Crippen LogP contribution in [0.4, 0.5) is 0 Å². The molecule has 2 rings (SSSR count). The molecular formula is C14H24ClN3O2S. The Balaban J connectivity index is 2.22.